The van der Waals surface area contributed by atoms with Crippen LogP contribution in [0.4, 0.5) is 0 Å². The third-order valence-corrected chi connectivity index (χ3v) is 3.42. The number of rotatable bonds is 7. The lowest BCUT2D eigenvalue weighted by Gasteiger charge is -2.17. The van der Waals surface area contributed by atoms with Crippen LogP contribution in [-0.4, -0.2) is 26.8 Å². The van der Waals surface area contributed by atoms with Crippen molar-refractivity contribution in [1.29, 1.82) is 0 Å². The van der Waals surface area contributed by atoms with Crippen molar-refractivity contribution < 1.29 is 14.7 Å². The van der Waals surface area contributed by atoms with Crippen LogP contribution in [-0.2, 0) is 11.3 Å². The van der Waals surface area contributed by atoms with Crippen molar-refractivity contribution in [3.05, 3.63) is 64.1 Å². The number of aryl methyl sites for hydroxylation is 1. The van der Waals surface area contributed by atoms with Gasteiger partial charge in [0.2, 0.25) is 0 Å². The van der Waals surface area contributed by atoms with Crippen LogP contribution in [0.3, 0.4) is 0 Å². The van der Waals surface area contributed by atoms with Gasteiger partial charge in [0.05, 0.1) is 12.5 Å². The van der Waals surface area contributed by atoms with Crippen LogP contribution in [0.1, 0.15) is 41.9 Å². The summed E-state index contributed by atoms with van der Waals surface area (Å²) in [6.07, 6.45) is 0.466. The molecule has 2 rings (SSSR count). The fourth-order valence-electron chi connectivity index (χ4n) is 2.29. The molecule has 0 aliphatic rings. The maximum absolute atomic E-state index is 12.4. The summed E-state index contributed by atoms with van der Waals surface area (Å²) in [4.78, 5) is 35.1. The monoisotopic (exact) mass is 329 g/mol. The van der Waals surface area contributed by atoms with Gasteiger partial charge in [-0.3, -0.25) is 14.4 Å². The lowest BCUT2D eigenvalue weighted by molar-refractivity contribution is -0.137. The second-order valence-electron chi connectivity index (χ2n) is 5.31. The van der Waals surface area contributed by atoms with Crippen LogP contribution in [0.2, 0.25) is 0 Å². The van der Waals surface area contributed by atoms with Gasteiger partial charge in [-0.1, -0.05) is 37.3 Å². The van der Waals surface area contributed by atoms with E-state index in [2.05, 4.69) is 10.4 Å². The zero-order valence-electron chi connectivity index (χ0n) is 13.3. The molecule has 2 aromatic rings. The molecule has 0 bridgehead atoms. The number of carboxylic acid groups (broad SMARTS) is 1. The molecule has 1 aromatic carbocycles. The molecule has 24 heavy (non-hydrogen) atoms. The average molecular weight is 329 g/mol. The minimum absolute atomic E-state index is 0.0781. The molecule has 1 atom stereocenters. The number of benzene rings is 1. The maximum Gasteiger partial charge on any atom is 0.305 e. The second-order valence-corrected chi connectivity index (χ2v) is 5.31. The first-order chi connectivity index (χ1) is 11.5. The maximum atomic E-state index is 12.4. The van der Waals surface area contributed by atoms with E-state index in [0.29, 0.717) is 18.5 Å². The van der Waals surface area contributed by atoms with Crippen molar-refractivity contribution in [2.24, 2.45) is 0 Å². The molecule has 0 aliphatic heterocycles. The highest BCUT2D eigenvalue weighted by molar-refractivity contribution is 5.92. The Morgan fingerprint density at radius 2 is 1.92 bits per heavy atom. The van der Waals surface area contributed by atoms with E-state index in [4.69, 9.17) is 5.11 Å². The molecule has 1 amide bonds. The summed E-state index contributed by atoms with van der Waals surface area (Å²) < 4.78 is 1.23. The zero-order valence-corrected chi connectivity index (χ0v) is 13.3. The van der Waals surface area contributed by atoms with E-state index >= 15 is 0 Å². The molecule has 0 radical (unpaired) electrons. The van der Waals surface area contributed by atoms with E-state index in [0.717, 1.165) is 0 Å². The van der Waals surface area contributed by atoms with Crippen LogP contribution < -0.4 is 10.9 Å². The molecular weight excluding hydrogens is 310 g/mol. The molecule has 1 unspecified atom stereocenters. The molecule has 7 heteroatoms. The first kappa shape index (κ1) is 17.4. The average Bonchev–Trinajstić information content (AvgIpc) is 2.56. The van der Waals surface area contributed by atoms with E-state index in [1.807, 2.05) is 13.0 Å². The summed E-state index contributed by atoms with van der Waals surface area (Å²) in [6.45, 7) is 2.32. The zero-order chi connectivity index (χ0) is 17.5. The van der Waals surface area contributed by atoms with Crippen molar-refractivity contribution in [2.45, 2.75) is 32.4 Å². The van der Waals surface area contributed by atoms with Crippen molar-refractivity contribution in [2.75, 3.05) is 0 Å². The summed E-state index contributed by atoms with van der Waals surface area (Å²) in [7, 11) is 0. The summed E-state index contributed by atoms with van der Waals surface area (Å²) in [5, 5.41) is 15.8. The Morgan fingerprint density at radius 1 is 1.21 bits per heavy atom. The van der Waals surface area contributed by atoms with Gasteiger partial charge in [-0.2, -0.15) is 5.10 Å². The Hall–Kier alpha value is -2.96. The smallest absolute Gasteiger partial charge is 0.305 e. The van der Waals surface area contributed by atoms with E-state index in [1.165, 1.54) is 16.8 Å². The van der Waals surface area contributed by atoms with E-state index < -0.39 is 17.9 Å². The molecule has 0 fully saturated rings. The lowest BCUT2D eigenvalue weighted by Crippen LogP contribution is -2.33. The topological polar surface area (TPSA) is 101 Å². The number of nitrogens with one attached hydrogen (secondary N) is 1. The Kier molecular flexibility index (Phi) is 5.83. The molecule has 0 spiro atoms. The highest BCUT2D eigenvalue weighted by atomic mass is 16.4. The molecular formula is C17H19N3O4. The van der Waals surface area contributed by atoms with E-state index in [-0.39, 0.29) is 17.7 Å². The Morgan fingerprint density at radius 3 is 2.54 bits per heavy atom. The van der Waals surface area contributed by atoms with Crippen LogP contribution >= 0.6 is 0 Å². The highest BCUT2D eigenvalue weighted by Crippen LogP contribution is 2.17. The van der Waals surface area contributed by atoms with Gasteiger partial charge in [0.1, 0.15) is 5.69 Å². The van der Waals surface area contributed by atoms with Gasteiger partial charge in [-0.05, 0) is 18.1 Å². The van der Waals surface area contributed by atoms with Crippen molar-refractivity contribution in [1.82, 2.24) is 15.1 Å². The minimum Gasteiger partial charge on any atom is -0.481 e. The normalized spacial score (nSPS) is 11.7. The summed E-state index contributed by atoms with van der Waals surface area (Å²) in [6, 6.07) is 10.8. The third kappa shape index (κ3) is 4.52. The number of aromatic nitrogens is 2. The molecule has 0 aliphatic carbocycles. The van der Waals surface area contributed by atoms with Crippen molar-refractivity contribution in [3.63, 3.8) is 0 Å². The second kappa shape index (κ2) is 8.05. The fraction of sp³-hybridized carbons (Fsp3) is 0.294. The number of amides is 1. The van der Waals surface area contributed by atoms with Crippen LogP contribution in [0.15, 0.2) is 47.3 Å². The Bertz CT molecular complexity index is 771. The molecule has 1 heterocycles. The van der Waals surface area contributed by atoms with Gasteiger partial charge in [0, 0.05) is 12.6 Å². The Labute approximate surface area is 138 Å². The number of aliphatic carboxylic acids is 1. The predicted octanol–water partition coefficient (Wildman–Crippen LogP) is 1.60. The summed E-state index contributed by atoms with van der Waals surface area (Å²) in [5.74, 6) is -1.54. The third-order valence-electron chi connectivity index (χ3n) is 3.42. The summed E-state index contributed by atoms with van der Waals surface area (Å²) >= 11 is 0. The molecule has 0 saturated carbocycles. The number of hydrogen-bond donors (Lipinski definition) is 2. The quantitative estimate of drug-likeness (QED) is 0.803. The number of hydrogen-bond acceptors (Lipinski definition) is 4. The highest BCUT2D eigenvalue weighted by Gasteiger charge is 2.20. The van der Waals surface area contributed by atoms with Crippen molar-refractivity contribution in [3.8, 4) is 0 Å². The van der Waals surface area contributed by atoms with Gasteiger partial charge in [0.15, 0.2) is 0 Å². The number of carbonyl (C=O) groups excluding carboxylic acids is 1. The molecule has 126 valence electrons. The standard InChI is InChI=1S/C17H19N3O4/c1-2-10-20-15(21)9-8-13(19-20)17(24)18-14(11-16(22)23)12-6-4-3-5-7-12/h3-9,14H,2,10-11H2,1H3,(H,18,24)(H,22,23). The number of nitrogens with zero attached hydrogens (tertiary/aromatic N) is 2. The van der Waals surface area contributed by atoms with Crippen LogP contribution in [0.25, 0.3) is 0 Å². The molecule has 2 N–H and O–H groups in total. The predicted molar refractivity (Wildman–Crippen MR) is 87.7 cm³/mol. The van der Waals surface area contributed by atoms with Crippen molar-refractivity contribution >= 4 is 11.9 Å². The van der Waals surface area contributed by atoms with Gasteiger partial charge < -0.3 is 10.4 Å². The molecule has 0 saturated heterocycles. The molecule has 7 nitrogen and oxygen atoms in total. The van der Waals surface area contributed by atoms with Gasteiger partial charge in [-0.15, -0.1) is 0 Å². The lowest BCUT2D eigenvalue weighted by atomic mass is 10.0. The molecule has 1 aromatic heterocycles. The van der Waals surface area contributed by atoms with E-state index in [1.54, 1.807) is 24.3 Å². The SMILES string of the molecule is CCCn1nc(C(=O)NC(CC(=O)O)c2ccccc2)ccc1=O. The van der Waals surface area contributed by atoms with E-state index in [9.17, 15) is 14.4 Å². The Balaban J connectivity index is 2.23. The van der Waals surface area contributed by atoms with Gasteiger partial charge >= 0.3 is 5.97 Å². The van der Waals surface area contributed by atoms with Gasteiger partial charge in [-0.25, -0.2) is 4.68 Å². The number of carboxylic acids is 1. The minimum atomic E-state index is -1.02. The summed E-state index contributed by atoms with van der Waals surface area (Å²) in [5.41, 5.74) is 0.489. The largest absolute Gasteiger partial charge is 0.481 e. The number of carbonyl (C=O) groups is 2. The first-order valence-corrected chi connectivity index (χ1v) is 7.67. The van der Waals surface area contributed by atoms with Crippen LogP contribution in [0.5, 0.6) is 0 Å². The van der Waals surface area contributed by atoms with Crippen LogP contribution in [0, 0.1) is 0 Å². The first-order valence-electron chi connectivity index (χ1n) is 7.67. The fourth-order valence-corrected chi connectivity index (χ4v) is 2.29. The van der Waals surface area contributed by atoms with Gasteiger partial charge in [0.25, 0.3) is 11.5 Å².